The van der Waals surface area contributed by atoms with E-state index in [2.05, 4.69) is 27.3 Å². The quantitative estimate of drug-likeness (QED) is 0.714. The van der Waals surface area contributed by atoms with Crippen molar-refractivity contribution in [2.24, 2.45) is 0 Å². The topological polar surface area (TPSA) is 49.4 Å². The average molecular weight is 393 g/mol. The van der Waals surface area contributed by atoms with Crippen LogP contribution < -0.4 is 5.32 Å². The number of carbonyl (C=O) groups is 2. The van der Waals surface area contributed by atoms with E-state index in [9.17, 15) is 9.59 Å². The van der Waals surface area contributed by atoms with Gasteiger partial charge in [0.2, 0.25) is 5.91 Å². The van der Waals surface area contributed by atoms with E-state index in [1.165, 1.54) is 18.4 Å². The molecule has 24 heavy (non-hydrogen) atoms. The summed E-state index contributed by atoms with van der Waals surface area (Å²) in [6.07, 6.45) is 8.12. The fourth-order valence-corrected chi connectivity index (χ4v) is 3.27. The van der Waals surface area contributed by atoms with Crippen LogP contribution in [0.15, 0.2) is 40.4 Å². The first-order chi connectivity index (χ1) is 11.6. The lowest BCUT2D eigenvalue weighted by atomic mass is 9.97. The maximum Gasteiger partial charge on any atom is 0.251 e. The summed E-state index contributed by atoms with van der Waals surface area (Å²) < 4.78 is 0.876. The molecule has 0 aromatic heterocycles. The Morgan fingerprint density at radius 2 is 2.08 bits per heavy atom. The third kappa shape index (κ3) is 6.11. The molecular weight excluding hydrogens is 368 g/mol. The maximum absolute atomic E-state index is 12.1. The average Bonchev–Trinajstić information content (AvgIpc) is 2.58. The van der Waals surface area contributed by atoms with Crippen molar-refractivity contribution < 1.29 is 9.59 Å². The highest BCUT2D eigenvalue weighted by atomic mass is 79.9. The number of halogens is 1. The molecule has 1 aliphatic carbocycles. The van der Waals surface area contributed by atoms with Crippen LogP contribution in [-0.2, 0) is 4.79 Å². The molecule has 0 unspecified atom stereocenters. The van der Waals surface area contributed by atoms with E-state index in [0.717, 1.165) is 30.3 Å². The van der Waals surface area contributed by atoms with Gasteiger partial charge in [0.1, 0.15) is 0 Å². The number of hydrogen-bond donors (Lipinski definition) is 1. The number of rotatable bonds is 7. The van der Waals surface area contributed by atoms with Gasteiger partial charge < -0.3 is 10.2 Å². The minimum atomic E-state index is -0.116. The third-order valence-corrected chi connectivity index (χ3v) is 4.78. The molecule has 5 heteroatoms. The van der Waals surface area contributed by atoms with E-state index in [0.29, 0.717) is 18.7 Å². The summed E-state index contributed by atoms with van der Waals surface area (Å²) >= 11 is 3.36. The van der Waals surface area contributed by atoms with Gasteiger partial charge in [-0.15, -0.1) is 0 Å². The Labute approximate surface area is 152 Å². The Morgan fingerprint density at radius 1 is 1.25 bits per heavy atom. The number of nitrogens with zero attached hydrogens (tertiary/aromatic N) is 1. The van der Waals surface area contributed by atoms with Crippen LogP contribution in [0.5, 0.6) is 0 Å². The molecule has 0 saturated carbocycles. The predicted molar refractivity (Wildman–Crippen MR) is 99.9 cm³/mol. The van der Waals surface area contributed by atoms with E-state index in [-0.39, 0.29) is 11.8 Å². The minimum Gasteiger partial charge on any atom is -0.350 e. The zero-order valence-corrected chi connectivity index (χ0v) is 15.8. The van der Waals surface area contributed by atoms with Crippen LogP contribution in [0.2, 0.25) is 0 Å². The fourth-order valence-electron chi connectivity index (χ4n) is 2.87. The second kappa shape index (κ2) is 9.62. The molecule has 1 N–H and O–H groups in total. The zero-order chi connectivity index (χ0) is 17.4. The van der Waals surface area contributed by atoms with Crippen LogP contribution in [0.1, 0.15) is 49.4 Å². The molecule has 130 valence electrons. The van der Waals surface area contributed by atoms with Crippen molar-refractivity contribution in [3.63, 3.8) is 0 Å². The van der Waals surface area contributed by atoms with Gasteiger partial charge in [-0.1, -0.05) is 33.6 Å². The number of hydrogen-bond acceptors (Lipinski definition) is 2. The molecule has 2 amide bonds. The van der Waals surface area contributed by atoms with Crippen molar-refractivity contribution in [2.45, 2.75) is 39.0 Å². The van der Waals surface area contributed by atoms with Gasteiger partial charge in [-0.25, -0.2) is 0 Å². The van der Waals surface area contributed by atoms with Gasteiger partial charge in [0.25, 0.3) is 5.91 Å². The first-order valence-electron chi connectivity index (χ1n) is 8.53. The van der Waals surface area contributed by atoms with Crippen LogP contribution in [-0.4, -0.2) is 36.3 Å². The molecule has 4 nitrogen and oxygen atoms in total. The highest BCUT2D eigenvalue weighted by Crippen LogP contribution is 2.20. The number of benzene rings is 1. The SMILES string of the molecule is CC(=O)N(CCNC(=O)c1cccc(Br)c1)CCC1=CCCCC1. The Morgan fingerprint density at radius 3 is 2.75 bits per heavy atom. The fraction of sp³-hybridized carbons (Fsp3) is 0.474. The lowest BCUT2D eigenvalue weighted by molar-refractivity contribution is -0.128. The second-order valence-corrected chi connectivity index (χ2v) is 7.05. The summed E-state index contributed by atoms with van der Waals surface area (Å²) in [5.41, 5.74) is 2.08. The molecular formula is C19H25BrN2O2. The van der Waals surface area contributed by atoms with Gasteiger partial charge in [-0.2, -0.15) is 0 Å². The van der Waals surface area contributed by atoms with E-state index in [1.807, 2.05) is 17.0 Å². The first kappa shape index (κ1) is 18.7. The number of nitrogens with one attached hydrogen (secondary N) is 1. The van der Waals surface area contributed by atoms with Gasteiger partial charge >= 0.3 is 0 Å². The summed E-state index contributed by atoms with van der Waals surface area (Å²) in [6, 6.07) is 7.28. The van der Waals surface area contributed by atoms with Gasteiger partial charge in [-0.3, -0.25) is 9.59 Å². The smallest absolute Gasteiger partial charge is 0.251 e. The van der Waals surface area contributed by atoms with Crippen LogP contribution in [0.25, 0.3) is 0 Å². The molecule has 0 aliphatic heterocycles. The standard InChI is InChI=1S/C19H25BrN2O2/c1-15(23)22(12-10-16-6-3-2-4-7-16)13-11-21-19(24)17-8-5-9-18(20)14-17/h5-6,8-9,14H,2-4,7,10-13H2,1H3,(H,21,24). The van der Waals surface area contributed by atoms with Crippen LogP contribution >= 0.6 is 15.9 Å². The van der Waals surface area contributed by atoms with Gasteiger partial charge in [0.05, 0.1) is 0 Å². The van der Waals surface area contributed by atoms with Gasteiger partial charge in [0.15, 0.2) is 0 Å². The van der Waals surface area contributed by atoms with E-state index < -0.39 is 0 Å². The zero-order valence-electron chi connectivity index (χ0n) is 14.2. The van der Waals surface area contributed by atoms with E-state index >= 15 is 0 Å². The van der Waals surface area contributed by atoms with Crippen molar-refractivity contribution in [1.29, 1.82) is 0 Å². The first-order valence-corrected chi connectivity index (χ1v) is 9.33. The Kier molecular flexibility index (Phi) is 7.50. The molecule has 0 fully saturated rings. The van der Waals surface area contributed by atoms with Crippen molar-refractivity contribution in [2.75, 3.05) is 19.6 Å². The summed E-state index contributed by atoms with van der Waals surface area (Å²) in [6.45, 7) is 3.33. The molecule has 0 spiro atoms. The van der Waals surface area contributed by atoms with Crippen molar-refractivity contribution in [1.82, 2.24) is 10.2 Å². The van der Waals surface area contributed by atoms with E-state index in [4.69, 9.17) is 0 Å². The molecule has 1 aliphatic rings. The summed E-state index contributed by atoms with van der Waals surface area (Å²) in [5, 5.41) is 2.88. The van der Waals surface area contributed by atoms with E-state index in [1.54, 1.807) is 19.1 Å². The van der Waals surface area contributed by atoms with Crippen molar-refractivity contribution >= 4 is 27.7 Å². The van der Waals surface area contributed by atoms with Crippen LogP contribution in [0, 0.1) is 0 Å². The Balaban J connectivity index is 1.77. The third-order valence-electron chi connectivity index (χ3n) is 4.29. The monoisotopic (exact) mass is 392 g/mol. The second-order valence-electron chi connectivity index (χ2n) is 6.13. The van der Waals surface area contributed by atoms with Crippen molar-refractivity contribution in [3.05, 3.63) is 46.0 Å². The molecule has 0 saturated heterocycles. The molecule has 0 bridgehead atoms. The molecule has 2 rings (SSSR count). The predicted octanol–water partition coefficient (Wildman–Crippen LogP) is 3.92. The van der Waals surface area contributed by atoms with Gasteiger partial charge in [-0.05, 0) is 50.3 Å². The normalized spacial score (nSPS) is 14.0. The number of allylic oxidation sites excluding steroid dienone is 1. The van der Waals surface area contributed by atoms with Crippen LogP contribution in [0.4, 0.5) is 0 Å². The minimum absolute atomic E-state index is 0.0584. The molecule has 0 heterocycles. The van der Waals surface area contributed by atoms with Crippen LogP contribution in [0.3, 0.4) is 0 Å². The Bertz CT molecular complexity index is 613. The number of carbonyl (C=O) groups excluding carboxylic acids is 2. The van der Waals surface area contributed by atoms with Gasteiger partial charge in [0, 0.05) is 36.6 Å². The highest BCUT2D eigenvalue weighted by Gasteiger charge is 2.12. The van der Waals surface area contributed by atoms with Crippen molar-refractivity contribution in [3.8, 4) is 0 Å². The summed E-state index contributed by atoms with van der Waals surface area (Å²) in [7, 11) is 0. The maximum atomic E-state index is 12.1. The summed E-state index contributed by atoms with van der Waals surface area (Å²) in [5.74, 6) is -0.0575. The summed E-state index contributed by atoms with van der Waals surface area (Å²) in [4.78, 5) is 25.7. The lowest BCUT2D eigenvalue weighted by Gasteiger charge is -2.23. The lowest BCUT2D eigenvalue weighted by Crippen LogP contribution is -2.38. The molecule has 0 atom stereocenters. The number of amides is 2. The Hall–Kier alpha value is -1.62. The highest BCUT2D eigenvalue weighted by molar-refractivity contribution is 9.10. The molecule has 0 radical (unpaired) electrons. The molecule has 1 aromatic rings. The molecule has 1 aromatic carbocycles. The largest absolute Gasteiger partial charge is 0.350 e.